The van der Waals surface area contributed by atoms with E-state index in [2.05, 4.69) is 10.6 Å². The Kier molecular flexibility index (Phi) is 3.99. The quantitative estimate of drug-likeness (QED) is 0.713. The molecule has 1 aromatic rings. The van der Waals surface area contributed by atoms with Crippen molar-refractivity contribution < 1.29 is 19.1 Å². The number of nitrogens with one attached hydrogen (secondary N) is 2. The summed E-state index contributed by atoms with van der Waals surface area (Å²) in [6.07, 6.45) is 1.52. The predicted octanol–water partition coefficient (Wildman–Crippen LogP) is 0.594. The molecule has 98 valence electrons. The van der Waals surface area contributed by atoms with Gasteiger partial charge < -0.3 is 20.2 Å². The van der Waals surface area contributed by atoms with Gasteiger partial charge in [0.2, 0.25) is 11.7 Å². The molecule has 1 unspecified atom stereocenters. The monoisotopic (exact) mass is 252 g/mol. The highest BCUT2D eigenvalue weighted by molar-refractivity contribution is 5.84. The second kappa shape index (κ2) is 5.68. The number of carbonyl (C=O) groups is 2. The topological polar surface area (TPSA) is 91.6 Å². The number of carbonyl (C=O) groups excluding carboxylic acids is 1. The Balaban J connectivity index is 1.76. The first-order chi connectivity index (χ1) is 8.65. The maximum absolute atomic E-state index is 11.6. The van der Waals surface area contributed by atoms with E-state index in [0.29, 0.717) is 18.1 Å². The lowest BCUT2D eigenvalue weighted by Crippen LogP contribution is -2.25. The molecule has 1 saturated heterocycles. The molecule has 0 spiro atoms. The highest BCUT2D eigenvalue weighted by Gasteiger charge is 2.18. The summed E-state index contributed by atoms with van der Waals surface area (Å²) in [7, 11) is 0. The van der Waals surface area contributed by atoms with Gasteiger partial charge in [-0.25, -0.2) is 4.79 Å². The van der Waals surface area contributed by atoms with Crippen molar-refractivity contribution in [3.63, 3.8) is 0 Å². The average Bonchev–Trinajstić information content (AvgIpc) is 2.96. The van der Waals surface area contributed by atoms with Crippen LogP contribution >= 0.6 is 0 Å². The molecule has 1 fully saturated rings. The van der Waals surface area contributed by atoms with Crippen molar-refractivity contribution in [3.05, 3.63) is 23.7 Å². The summed E-state index contributed by atoms with van der Waals surface area (Å²) < 4.78 is 5.04. The van der Waals surface area contributed by atoms with Crippen molar-refractivity contribution in [2.24, 2.45) is 5.92 Å². The first-order valence-corrected chi connectivity index (χ1v) is 5.94. The van der Waals surface area contributed by atoms with Crippen molar-refractivity contribution >= 4 is 11.9 Å². The standard InChI is InChI=1S/C12H16N2O4/c15-11(5-8-3-4-13-6-8)14-7-9-1-2-10(18-9)12(16)17/h1-2,8,13H,3-7H2,(H,14,15)(H,16,17). The maximum Gasteiger partial charge on any atom is 0.371 e. The van der Waals surface area contributed by atoms with E-state index in [-0.39, 0.29) is 18.2 Å². The minimum Gasteiger partial charge on any atom is -0.475 e. The molecule has 1 aromatic heterocycles. The number of amides is 1. The van der Waals surface area contributed by atoms with Crippen LogP contribution in [0.4, 0.5) is 0 Å². The molecule has 0 radical (unpaired) electrons. The molecule has 0 aromatic carbocycles. The number of furan rings is 1. The molecule has 0 bridgehead atoms. The number of carboxylic acids is 1. The summed E-state index contributed by atoms with van der Waals surface area (Å²) in [6.45, 7) is 2.09. The number of aromatic carboxylic acids is 1. The Morgan fingerprint density at radius 1 is 1.50 bits per heavy atom. The fourth-order valence-corrected chi connectivity index (χ4v) is 2.00. The molecule has 3 N–H and O–H groups in total. The molecule has 6 nitrogen and oxygen atoms in total. The van der Waals surface area contributed by atoms with Gasteiger partial charge in [-0.05, 0) is 37.6 Å². The van der Waals surface area contributed by atoms with Crippen LogP contribution in [0, 0.1) is 5.92 Å². The fraction of sp³-hybridized carbons (Fsp3) is 0.500. The van der Waals surface area contributed by atoms with Gasteiger partial charge in [0, 0.05) is 6.42 Å². The van der Waals surface area contributed by atoms with Crippen LogP contribution < -0.4 is 10.6 Å². The van der Waals surface area contributed by atoms with Crippen LogP contribution in [-0.4, -0.2) is 30.1 Å². The van der Waals surface area contributed by atoms with E-state index in [4.69, 9.17) is 9.52 Å². The summed E-state index contributed by atoms with van der Waals surface area (Å²) in [5, 5.41) is 14.6. The summed E-state index contributed by atoms with van der Waals surface area (Å²) in [6, 6.07) is 2.94. The van der Waals surface area contributed by atoms with Crippen molar-refractivity contribution in [1.82, 2.24) is 10.6 Å². The molecule has 2 rings (SSSR count). The van der Waals surface area contributed by atoms with E-state index in [1.165, 1.54) is 6.07 Å². The van der Waals surface area contributed by atoms with Gasteiger partial charge in [0.25, 0.3) is 0 Å². The first kappa shape index (κ1) is 12.6. The lowest BCUT2D eigenvalue weighted by molar-refractivity contribution is -0.122. The van der Waals surface area contributed by atoms with E-state index >= 15 is 0 Å². The molecular formula is C12H16N2O4. The third kappa shape index (κ3) is 3.33. The van der Waals surface area contributed by atoms with Gasteiger partial charge >= 0.3 is 5.97 Å². The van der Waals surface area contributed by atoms with E-state index in [0.717, 1.165) is 19.5 Å². The number of hydrogen-bond donors (Lipinski definition) is 3. The van der Waals surface area contributed by atoms with Gasteiger partial charge in [-0.2, -0.15) is 0 Å². The molecule has 18 heavy (non-hydrogen) atoms. The molecule has 6 heteroatoms. The van der Waals surface area contributed by atoms with Crippen LogP contribution in [0.15, 0.2) is 16.5 Å². The second-order valence-electron chi connectivity index (χ2n) is 4.41. The first-order valence-electron chi connectivity index (χ1n) is 5.94. The Bertz CT molecular complexity index is 435. The summed E-state index contributed by atoms with van der Waals surface area (Å²) in [5.74, 6) is -0.401. The average molecular weight is 252 g/mol. The zero-order valence-corrected chi connectivity index (χ0v) is 9.94. The van der Waals surface area contributed by atoms with Gasteiger partial charge in [0.1, 0.15) is 5.76 Å². The van der Waals surface area contributed by atoms with E-state index < -0.39 is 5.97 Å². The van der Waals surface area contributed by atoms with Crippen molar-refractivity contribution in [2.75, 3.05) is 13.1 Å². The van der Waals surface area contributed by atoms with Gasteiger partial charge in [0.05, 0.1) is 6.54 Å². The fourth-order valence-electron chi connectivity index (χ4n) is 2.00. The SMILES string of the molecule is O=C(CC1CCNC1)NCc1ccc(C(=O)O)o1. The Hall–Kier alpha value is -1.82. The highest BCUT2D eigenvalue weighted by Crippen LogP contribution is 2.12. The Labute approximate surface area is 104 Å². The van der Waals surface area contributed by atoms with Crippen LogP contribution in [0.2, 0.25) is 0 Å². The van der Waals surface area contributed by atoms with Gasteiger partial charge in [-0.1, -0.05) is 0 Å². The minimum atomic E-state index is -1.11. The Morgan fingerprint density at radius 3 is 2.94 bits per heavy atom. The number of carboxylic acid groups (broad SMARTS) is 1. The summed E-state index contributed by atoms with van der Waals surface area (Å²) >= 11 is 0. The maximum atomic E-state index is 11.6. The van der Waals surface area contributed by atoms with Crippen LogP contribution in [0.25, 0.3) is 0 Å². The minimum absolute atomic E-state index is 0.0306. The molecule has 1 aliphatic heterocycles. The largest absolute Gasteiger partial charge is 0.475 e. The molecule has 2 heterocycles. The highest BCUT2D eigenvalue weighted by atomic mass is 16.4. The summed E-state index contributed by atoms with van der Waals surface area (Å²) in [5.41, 5.74) is 0. The number of rotatable bonds is 5. The lowest BCUT2D eigenvalue weighted by atomic mass is 10.0. The van der Waals surface area contributed by atoms with Crippen molar-refractivity contribution in [2.45, 2.75) is 19.4 Å². The van der Waals surface area contributed by atoms with Gasteiger partial charge in [-0.15, -0.1) is 0 Å². The van der Waals surface area contributed by atoms with Crippen LogP contribution in [-0.2, 0) is 11.3 Å². The molecule has 0 aliphatic carbocycles. The Morgan fingerprint density at radius 2 is 2.33 bits per heavy atom. The molecule has 1 amide bonds. The smallest absolute Gasteiger partial charge is 0.371 e. The predicted molar refractivity (Wildman–Crippen MR) is 63.1 cm³/mol. The third-order valence-electron chi connectivity index (χ3n) is 2.97. The van der Waals surface area contributed by atoms with Gasteiger partial charge in [-0.3, -0.25) is 4.79 Å². The van der Waals surface area contributed by atoms with E-state index in [9.17, 15) is 9.59 Å². The van der Waals surface area contributed by atoms with E-state index in [1.54, 1.807) is 6.07 Å². The van der Waals surface area contributed by atoms with Gasteiger partial charge in [0.15, 0.2) is 0 Å². The molecule has 1 aliphatic rings. The number of hydrogen-bond acceptors (Lipinski definition) is 4. The normalized spacial score (nSPS) is 18.8. The van der Waals surface area contributed by atoms with Crippen LogP contribution in [0.1, 0.15) is 29.2 Å². The lowest BCUT2D eigenvalue weighted by Gasteiger charge is -2.07. The molecular weight excluding hydrogens is 236 g/mol. The zero-order chi connectivity index (χ0) is 13.0. The summed E-state index contributed by atoms with van der Waals surface area (Å²) in [4.78, 5) is 22.2. The second-order valence-corrected chi connectivity index (χ2v) is 4.41. The molecule has 1 atom stereocenters. The third-order valence-corrected chi connectivity index (χ3v) is 2.97. The van der Waals surface area contributed by atoms with Crippen LogP contribution in [0.5, 0.6) is 0 Å². The molecule has 0 saturated carbocycles. The van der Waals surface area contributed by atoms with Crippen LogP contribution in [0.3, 0.4) is 0 Å². The van der Waals surface area contributed by atoms with Crippen molar-refractivity contribution in [3.8, 4) is 0 Å². The van der Waals surface area contributed by atoms with Crippen molar-refractivity contribution in [1.29, 1.82) is 0 Å². The van der Waals surface area contributed by atoms with E-state index in [1.807, 2.05) is 0 Å². The zero-order valence-electron chi connectivity index (χ0n) is 9.94.